The maximum Gasteiger partial charge on any atom is 0.243 e. The molecular weight excluding hydrogens is 366 g/mol. The Morgan fingerprint density at radius 2 is 2.00 bits per heavy atom. The lowest BCUT2D eigenvalue weighted by atomic mass is 10.1. The molecule has 0 unspecified atom stereocenters. The first-order chi connectivity index (χ1) is 12.9. The van der Waals surface area contributed by atoms with Gasteiger partial charge in [0.25, 0.3) is 0 Å². The van der Waals surface area contributed by atoms with Crippen LogP contribution in [0, 0.1) is 0 Å². The minimum Gasteiger partial charge on any atom is -0.496 e. The van der Waals surface area contributed by atoms with Gasteiger partial charge in [-0.05, 0) is 50.6 Å². The lowest BCUT2D eigenvalue weighted by Crippen LogP contribution is -2.46. The monoisotopic (exact) mass is 397 g/mol. The van der Waals surface area contributed by atoms with Crippen LogP contribution in [0.4, 0.5) is 0 Å². The van der Waals surface area contributed by atoms with Crippen molar-refractivity contribution >= 4 is 15.9 Å². The van der Waals surface area contributed by atoms with E-state index in [0.717, 1.165) is 32.4 Å². The van der Waals surface area contributed by atoms with Crippen LogP contribution in [0.2, 0.25) is 0 Å². The molecule has 1 saturated heterocycles. The number of amides is 1. The largest absolute Gasteiger partial charge is 0.496 e. The van der Waals surface area contributed by atoms with Crippen molar-refractivity contribution in [3.8, 4) is 5.75 Å². The van der Waals surface area contributed by atoms with E-state index in [4.69, 9.17) is 4.74 Å². The Kier molecular flexibility index (Phi) is 8.07. The summed E-state index contributed by atoms with van der Waals surface area (Å²) in [6, 6.07) is 4.88. The van der Waals surface area contributed by atoms with Gasteiger partial charge in [0.1, 0.15) is 5.75 Å². The number of carbonyl (C=O) groups excluding carboxylic acids is 1. The molecule has 1 aliphatic rings. The van der Waals surface area contributed by atoms with Crippen LogP contribution in [-0.4, -0.2) is 51.4 Å². The van der Waals surface area contributed by atoms with E-state index in [-0.39, 0.29) is 23.4 Å². The van der Waals surface area contributed by atoms with Crippen LogP contribution in [0.25, 0.3) is 0 Å². The molecular formula is C19H31N3O4S. The first-order valence-electron chi connectivity index (χ1n) is 9.60. The molecule has 1 aromatic carbocycles. The minimum absolute atomic E-state index is 0.0153. The summed E-state index contributed by atoms with van der Waals surface area (Å²) in [7, 11) is -2.08. The Morgan fingerprint density at radius 3 is 2.59 bits per heavy atom. The molecule has 7 nitrogen and oxygen atoms in total. The molecule has 0 spiro atoms. The molecule has 1 amide bonds. The number of rotatable bonds is 9. The predicted octanol–water partition coefficient (Wildman–Crippen LogP) is 1.87. The van der Waals surface area contributed by atoms with Crippen LogP contribution in [-0.2, 0) is 21.4 Å². The topological polar surface area (TPSA) is 87.7 Å². The molecule has 1 aliphatic heterocycles. The second-order valence-corrected chi connectivity index (χ2v) is 8.59. The molecule has 0 saturated carbocycles. The van der Waals surface area contributed by atoms with Crippen LogP contribution in [0.5, 0.6) is 5.75 Å². The molecule has 1 aromatic rings. The third-order valence-electron chi connectivity index (χ3n) is 4.82. The number of sulfonamides is 1. The Morgan fingerprint density at radius 1 is 1.30 bits per heavy atom. The number of nitrogens with one attached hydrogen (secondary N) is 2. The van der Waals surface area contributed by atoms with Gasteiger partial charge in [-0.2, -0.15) is 4.31 Å². The lowest BCUT2D eigenvalue weighted by Gasteiger charge is -2.33. The fourth-order valence-electron chi connectivity index (χ4n) is 3.32. The van der Waals surface area contributed by atoms with E-state index in [2.05, 4.69) is 10.6 Å². The number of carbonyl (C=O) groups is 1. The van der Waals surface area contributed by atoms with E-state index in [0.29, 0.717) is 24.3 Å². The summed E-state index contributed by atoms with van der Waals surface area (Å²) in [6.07, 6.45) is 2.77. The molecule has 1 fully saturated rings. The molecule has 2 rings (SSSR count). The maximum absolute atomic E-state index is 13.3. The van der Waals surface area contributed by atoms with Crippen LogP contribution in [0.1, 0.15) is 45.1 Å². The quantitative estimate of drug-likeness (QED) is 0.664. The molecule has 0 atom stereocenters. The fraction of sp³-hybridized carbons (Fsp3) is 0.632. The normalized spacial score (nSPS) is 15.7. The molecule has 0 aromatic heterocycles. The molecule has 0 radical (unpaired) electrons. The first kappa shape index (κ1) is 21.7. The maximum atomic E-state index is 13.3. The van der Waals surface area contributed by atoms with Gasteiger partial charge < -0.3 is 15.4 Å². The Hall–Kier alpha value is -1.64. The van der Waals surface area contributed by atoms with Crippen molar-refractivity contribution in [1.82, 2.24) is 14.9 Å². The van der Waals surface area contributed by atoms with Gasteiger partial charge >= 0.3 is 0 Å². The van der Waals surface area contributed by atoms with E-state index < -0.39 is 10.0 Å². The Labute approximate surface area is 162 Å². The summed E-state index contributed by atoms with van der Waals surface area (Å²) in [5.41, 5.74) is 0.655. The first-order valence-corrected chi connectivity index (χ1v) is 11.0. The smallest absolute Gasteiger partial charge is 0.243 e. The van der Waals surface area contributed by atoms with Gasteiger partial charge in [0, 0.05) is 31.1 Å². The zero-order chi connectivity index (χ0) is 19.9. The predicted molar refractivity (Wildman–Crippen MR) is 105 cm³/mol. The average Bonchev–Trinajstić information content (AvgIpc) is 2.70. The van der Waals surface area contributed by atoms with Gasteiger partial charge in [0.05, 0.1) is 12.0 Å². The number of hydrogen-bond acceptors (Lipinski definition) is 5. The van der Waals surface area contributed by atoms with E-state index >= 15 is 0 Å². The average molecular weight is 398 g/mol. The van der Waals surface area contributed by atoms with E-state index in [9.17, 15) is 13.2 Å². The van der Waals surface area contributed by atoms with Gasteiger partial charge in [0.2, 0.25) is 15.9 Å². The highest BCUT2D eigenvalue weighted by Gasteiger charge is 2.32. The van der Waals surface area contributed by atoms with Crippen molar-refractivity contribution < 1.29 is 17.9 Å². The molecule has 1 heterocycles. The SMILES string of the molecule is CCCN(C1CCNCC1)S(=O)(=O)c1ccc(OC)c(CNC(=O)CC)c1. The van der Waals surface area contributed by atoms with E-state index in [1.807, 2.05) is 6.92 Å². The van der Waals surface area contributed by atoms with Crippen molar-refractivity contribution in [3.05, 3.63) is 23.8 Å². The van der Waals surface area contributed by atoms with Gasteiger partial charge in [-0.1, -0.05) is 13.8 Å². The summed E-state index contributed by atoms with van der Waals surface area (Å²) in [5.74, 6) is 0.474. The molecule has 0 aliphatic carbocycles. The van der Waals surface area contributed by atoms with E-state index in [1.54, 1.807) is 29.4 Å². The number of nitrogens with zero attached hydrogens (tertiary/aromatic N) is 1. The summed E-state index contributed by atoms with van der Waals surface area (Å²) in [6.45, 7) is 6.16. The van der Waals surface area contributed by atoms with Gasteiger partial charge in [-0.3, -0.25) is 4.79 Å². The minimum atomic E-state index is -3.62. The summed E-state index contributed by atoms with van der Waals surface area (Å²) in [5, 5.41) is 6.07. The number of methoxy groups -OCH3 is 1. The van der Waals surface area contributed by atoms with Gasteiger partial charge in [-0.25, -0.2) is 8.42 Å². The lowest BCUT2D eigenvalue weighted by molar-refractivity contribution is -0.120. The molecule has 0 bridgehead atoms. The van der Waals surface area contributed by atoms with Crippen molar-refractivity contribution in [1.29, 1.82) is 0 Å². The Balaban J connectivity index is 2.33. The number of hydrogen-bond donors (Lipinski definition) is 2. The van der Waals surface area contributed by atoms with Crippen LogP contribution in [0.15, 0.2) is 23.1 Å². The fourth-order valence-corrected chi connectivity index (χ4v) is 5.15. The standard InChI is InChI=1S/C19H31N3O4S/c1-4-12-22(16-8-10-20-11-9-16)27(24,25)17-6-7-18(26-3)15(13-17)14-21-19(23)5-2/h6-7,13,16,20H,4-5,8-12,14H2,1-3H3,(H,21,23). The zero-order valence-corrected chi connectivity index (χ0v) is 17.3. The second-order valence-electron chi connectivity index (χ2n) is 6.70. The third kappa shape index (κ3) is 5.43. The highest BCUT2D eigenvalue weighted by Crippen LogP contribution is 2.27. The molecule has 27 heavy (non-hydrogen) atoms. The molecule has 2 N–H and O–H groups in total. The molecule has 8 heteroatoms. The van der Waals surface area contributed by atoms with Crippen LogP contribution in [0.3, 0.4) is 0 Å². The third-order valence-corrected chi connectivity index (χ3v) is 6.76. The highest BCUT2D eigenvalue weighted by molar-refractivity contribution is 7.89. The second kappa shape index (κ2) is 10.1. The Bertz CT molecular complexity index is 730. The van der Waals surface area contributed by atoms with Gasteiger partial charge in [0.15, 0.2) is 0 Å². The van der Waals surface area contributed by atoms with Crippen molar-refractivity contribution in [2.75, 3.05) is 26.7 Å². The van der Waals surface area contributed by atoms with Crippen molar-refractivity contribution in [3.63, 3.8) is 0 Å². The number of piperidine rings is 1. The zero-order valence-electron chi connectivity index (χ0n) is 16.5. The number of benzene rings is 1. The van der Waals surface area contributed by atoms with Crippen molar-refractivity contribution in [2.45, 2.75) is 57.0 Å². The van der Waals surface area contributed by atoms with E-state index in [1.165, 1.54) is 7.11 Å². The van der Waals surface area contributed by atoms with Crippen LogP contribution >= 0.6 is 0 Å². The molecule has 152 valence electrons. The summed E-state index contributed by atoms with van der Waals surface area (Å²) < 4.78 is 33.7. The van der Waals surface area contributed by atoms with Gasteiger partial charge in [-0.15, -0.1) is 0 Å². The van der Waals surface area contributed by atoms with Crippen molar-refractivity contribution in [2.24, 2.45) is 0 Å². The summed E-state index contributed by atoms with van der Waals surface area (Å²) >= 11 is 0. The summed E-state index contributed by atoms with van der Waals surface area (Å²) in [4.78, 5) is 11.8. The van der Waals surface area contributed by atoms with Crippen LogP contribution < -0.4 is 15.4 Å². The number of ether oxygens (including phenoxy) is 1. The highest BCUT2D eigenvalue weighted by atomic mass is 32.2.